The van der Waals surface area contributed by atoms with E-state index in [0.717, 1.165) is 12.8 Å². The standard InChI is InChI=1S/C13H22N2O2/c1-3-7-13(2,17)11-14-8-10-15-9-5-4-6-12(15)16/h4-6,9,14,17H,3,7-8,10-11H2,1-2H3. The van der Waals surface area contributed by atoms with Gasteiger partial charge >= 0.3 is 0 Å². The van der Waals surface area contributed by atoms with Crippen molar-refractivity contribution in [1.82, 2.24) is 9.88 Å². The summed E-state index contributed by atoms with van der Waals surface area (Å²) < 4.78 is 1.65. The summed E-state index contributed by atoms with van der Waals surface area (Å²) in [6, 6.07) is 5.13. The van der Waals surface area contributed by atoms with E-state index in [4.69, 9.17) is 0 Å². The van der Waals surface area contributed by atoms with Crippen molar-refractivity contribution in [2.75, 3.05) is 13.1 Å². The van der Waals surface area contributed by atoms with E-state index in [-0.39, 0.29) is 5.56 Å². The van der Waals surface area contributed by atoms with Gasteiger partial charge in [-0.05, 0) is 19.4 Å². The molecule has 0 radical (unpaired) electrons. The molecule has 1 aromatic heterocycles. The molecule has 2 N–H and O–H groups in total. The van der Waals surface area contributed by atoms with Gasteiger partial charge in [-0.1, -0.05) is 19.4 Å². The highest BCUT2D eigenvalue weighted by atomic mass is 16.3. The van der Waals surface area contributed by atoms with Crippen LogP contribution in [0.2, 0.25) is 0 Å². The molecular weight excluding hydrogens is 216 g/mol. The molecule has 1 heterocycles. The number of pyridine rings is 1. The second-order valence-corrected chi connectivity index (χ2v) is 4.66. The van der Waals surface area contributed by atoms with Gasteiger partial charge in [0.2, 0.25) is 0 Å². The number of hydrogen-bond acceptors (Lipinski definition) is 3. The van der Waals surface area contributed by atoms with Crippen LogP contribution in [0.4, 0.5) is 0 Å². The van der Waals surface area contributed by atoms with Gasteiger partial charge in [0, 0.05) is 31.9 Å². The van der Waals surface area contributed by atoms with Crippen molar-refractivity contribution in [3.05, 3.63) is 34.7 Å². The summed E-state index contributed by atoms with van der Waals surface area (Å²) in [4.78, 5) is 11.4. The maximum Gasteiger partial charge on any atom is 0.250 e. The Labute approximate surface area is 102 Å². The Morgan fingerprint density at radius 2 is 2.24 bits per heavy atom. The van der Waals surface area contributed by atoms with Crippen molar-refractivity contribution >= 4 is 0 Å². The van der Waals surface area contributed by atoms with Crippen LogP contribution in [0.5, 0.6) is 0 Å². The summed E-state index contributed by atoms with van der Waals surface area (Å²) in [6.07, 6.45) is 3.52. The molecule has 1 atom stereocenters. The van der Waals surface area contributed by atoms with Gasteiger partial charge in [-0.2, -0.15) is 0 Å². The first-order valence-corrected chi connectivity index (χ1v) is 6.14. The van der Waals surface area contributed by atoms with Crippen molar-refractivity contribution < 1.29 is 5.11 Å². The molecule has 0 bridgehead atoms. The van der Waals surface area contributed by atoms with Gasteiger partial charge in [0.1, 0.15) is 0 Å². The van der Waals surface area contributed by atoms with Gasteiger partial charge in [-0.3, -0.25) is 4.79 Å². The second-order valence-electron chi connectivity index (χ2n) is 4.66. The summed E-state index contributed by atoms with van der Waals surface area (Å²) in [6.45, 7) is 5.75. The molecule has 0 spiro atoms. The zero-order valence-corrected chi connectivity index (χ0v) is 10.6. The summed E-state index contributed by atoms with van der Waals surface area (Å²) in [5, 5.41) is 13.1. The fourth-order valence-electron chi connectivity index (χ4n) is 1.83. The number of nitrogens with one attached hydrogen (secondary N) is 1. The molecule has 0 aliphatic rings. The predicted molar refractivity (Wildman–Crippen MR) is 69.1 cm³/mol. The molecule has 0 saturated heterocycles. The van der Waals surface area contributed by atoms with E-state index in [1.807, 2.05) is 13.0 Å². The molecule has 4 heteroatoms. The third-order valence-corrected chi connectivity index (χ3v) is 2.72. The van der Waals surface area contributed by atoms with Crippen LogP contribution in [0.25, 0.3) is 0 Å². The third-order valence-electron chi connectivity index (χ3n) is 2.72. The Bertz CT molecular complexity index is 385. The first-order chi connectivity index (χ1) is 8.05. The van der Waals surface area contributed by atoms with Crippen molar-refractivity contribution in [2.24, 2.45) is 0 Å². The lowest BCUT2D eigenvalue weighted by Gasteiger charge is -2.23. The first-order valence-electron chi connectivity index (χ1n) is 6.14. The minimum atomic E-state index is -0.656. The smallest absolute Gasteiger partial charge is 0.250 e. The first kappa shape index (κ1) is 13.9. The Hall–Kier alpha value is -1.13. The molecule has 1 rings (SSSR count). The fraction of sp³-hybridized carbons (Fsp3) is 0.615. The maximum atomic E-state index is 11.4. The molecular formula is C13H22N2O2. The highest BCUT2D eigenvalue weighted by Crippen LogP contribution is 2.09. The molecule has 1 unspecified atom stereocenters. The lowest BCUT2D eigenvalue weighted by Crippen LogP contribution is -2.39. The van der Waals surface area contributed by atoms with E-state index < -0.39 is 5.60 Å². The normalized spacial score (nSPS) is 14.5. The van der Waals surface area contributed by atoms with E-state index >= 15 is 0 Å². The largest absolute Gasteiger partial charge is 0.389 e. The predicted octanol–water partition coefficient (Wildman–Crippen LogP) is 0.989. The Morgan fingerprint density at radius 1 is 1.47 bits per heavy atom. The van der Waals surface area contributed by atoms with Gasteiger partial charge in [-0.15, -0.1) is 0 Å². The van der Waals surface area contributed by atoms with E-state index in [9.17, 15) is 9.90 Å². The quantitative estimate of drug-likeness (QED) is 0.697. The Kier molecular flexibility index (Phi) is 5.38. The molecule has 0 aliphatic heterocycles. The second kappa shape index (κ2) is 6.57. The van der Waals surface area contributed by atoms with Crippen LogP contribution in [-0.4, -0.2) is 28.4 Å². The Balaban J connectivity index is 2.30. The van der Waals surface area contributed by atoms with Gasteiger partial charge in [0.25, 0.3) is 5.56 Å². The lowest BCUT2D eigenvalue weighted by atomic mass is 10.0. The number of nitrogens with zero attached hydrogens (tertiary/aromatic N) is 1. The number of hydrogen-bond donors (Lipinski definition) is 2. The molecule has 0 saturated carbocycles. The fourth-order valence-corrected chi connectivity index (χ4v) is 1.83. The molecule has 96 valence electrons. The average molecular weight is 238 g/mol. The summed E-state index contributed by atoms with van der Waals surface area (Å²) >= 11 is 0. The highest BCUT2D eigenvalue weighted by Gasteiger charge is 2.17. The topological polar surface area (TPSA) is 54.3 Å². The monoisotopic (exact) mass is 238 g/mol. The molecule has 0 aliphatic carbocycles. The lowest BCUT2D eigenvalue weighted by molar-refractivity contribution is 0.0500. The van der Waals surface area contributed by atoms with Crippen LogP contribution in [0, 0.1) is 0 Å². The Morgan fingerprint density at radius 3 is 2.88 bits per heavy atom. The van der Waals surface area contributed by atoms with Crippen molar-refractivity contribution in [3.8, 4) is 0 Å². The highest BCUT2D eigenvalue weighted by molar-refractivity contribution is 4.93. The van der Waals surface area contributed by atoms with E-state index in [2.05, 4.69) is 12.2 Å². The zero-order valence-electron chi connectivity index (χ0n) is 10.6. The van der Waals surface area contributed by atoms with E-state index in [1.54, 1.807) is 22.9 Å². The molecule has 1 aromatic rings. The summed E-state index contributed by atoms with van der Waals surface area (Å²) in [5.41, 5.74) is -0.647. The van der Waals surface area contributed by atoms with Crippen LogP contribution in [0.15, 0.2) is 29.2 Å². The summed E-state index contributed by atoms with van der Waals surface area (Å²) in [7, 11) is 0. The van der Waals surface area contributed by atoms with Crippen molar-refractivity contribution in [2.45, 2.75) is 38.8 Å². The van der Waals surface area contributed by atoms with Crippen LogP contribution in [-0.2, 0) is 6.54 Å². The van der Waals surface area contributed by atoms with Gasteiger partial charge in [0.05, 0.1) is 5.60 Å². The minimum absolute atomic E-state index is 0.00891. The van der Waals surface area contributed by atoms with E-state index in [0.29, 0.717) is 19.6 Å². The van der Waals surface area contributed by atoms with Crippen LogP contribution < -0.4 is 10.9 Å². The van der Waals surface area contributed by atoms with Crippen molar-refractivity contribution in [1.29, 1.82) is 0 Å². The van der Waals surface area contributed by atoms with Crippen LogP contribution in [0.3, 0.4) is 0 Å². The van der Waals surface area contributed by atoms with Crippen LogP contribution >= 0.6 is 0 Å². The third kappa shape index (κ3) is 5.15. The average Bonchev–Trinajstić information content (AvgIpc) is 2.26. The SMILES string of the molecule is CCCC(C)(O)CNCCn1ccccc1=O. The maximum absolute atomic E-state index is 11.4. The number of aliphatic hydroxyl groups is 1. The number of rotatable bonds is 7. The molecule has 0 fully saturated rings. The van der Waals surface area contributed by atoms with E-state index in [1.165, 1.54) is 0 Å². The van der Waals surface area contributed by atoms with Gasteiger partial charge in [-0.25, -0.2) is 0 Å². The molecule has 0 amide bonds. The summed E-state index contributed by atoms with van der Waals surface area (Å²) in [5.74, 6) is 0. The van der Waals surface area contributed by atoms with Crippen molar-refractivity contribution in [3.63, 3.8) is 0 Å². The molecule has 17 heavy (non-hydrogen) atoms. The molecule has 0 aromatic carbocycles. The number of aromatic nitrogens is 1. The van der Waals surface area contributed by atoms with Gasteiger partial charge < -0.3 is 15.0 Å². The van der Waals surface area contributed by atoms with Gasteiger partial charge in [0.15, 0.2) is 0 Å². The molecule has 4 nitrogen and oxygen atoms in total. The van der Waals surface area contributed by atoms with Crippen LogP contribution in [0.1, 0.15) is 26.7 Å². The zero-order chi connectivity index (χ0) is 12.7. The minimum Gasteiger partial charge on any atom is -0.389 e.